The van der Waals surface area contributed by atoms with Crippen LogP contribution in [0.5, 0.6) is 0 Å². The normalized spacial score (nSPS) is 20.4. The summed E-state index contributed by atoms with van der Waals surface area (Å²) in [5.41, 5.74) is 4.50. The molecule has 0 bridgehead atoms. The fourth-order valence-electron chi connectivity index (χ4n) is 0.407. The molecule has 3 nitrogen and oxygen atoms in total. The van der Waals surface area contributed by atoms with Crippen LogP contribution < -0.4 is 5.73 Å². The Balaban J connectivity index is 2.40. The standard InChI is InChI=1S/C4H7NO2/c5-4-1-6-3-7-2-4/h1H,2-3,5H2/p+1. The van der Waals surface area contributed by atoms with Gasteiger partial charge in [-0.2, -0.15) is 0 Å². The SMILES string of the molecule is [NH3+]C1=COCOC1. The lowest BCUT2D eigenvalue weighted by atomic mass is 10.5. The molecule has 0 radical (unpaired) electrons. The third-order valence-electron chi connectivity index (χ3n) is 0.689. The number of rotatable bonds is 0. The van der Waals surface area contributed by atoms with E-state index in [2.05, 4.69) is 5.73 Å². The molecule has 0 fully saturated rings. The minimum Gasteiger partial charge on any atom is -0.469 e. The molecule has 3 N–H and O–H groups in total. The van der Waals surface area contributed by atoms with E-state index < -0.39 is 0 Å². The van der Waals surface area contributed by atoms with Crippen LogP contribution in [0.15, 0.2) is 12.0 Å². The highest BCUT2D eigenvalue weighted by Crippen LogP contribution is 1.92. The largest absolute Gasteiger partial charge is 0.469 e. The summed E-state index contributed by atoms with van der Waals surface area (Å²) in [4.78, 5) is 0. The summed E-state index contributed by atoms with van der Waals surface area (Å²) in [7, 11) is 0. The van der Waals surface area contributed by atoms with Gasteiger partial charge in [0.1, 0.15) is 12.9 Å². The van der Waals surface area contributed by atoms with Crippen molar-refractivity contribution in [3.05, 3.63) is 12.0 Å². The summed E-state index contributed by atoms with van der Waals surface area (Å²) in [6.07, 6.45) is 1.61. The van der Waals surface area contributed by atoms with Crippen molar-refractivity contribution in [3.63, 3.8) is 0 Å². The van der Waals surface area contributed by atoms with Gasteiger partial charge in [-0.15, -0.1) is 0 Å². The van der Waals surface area contributed by atoms with Gasteiger partial charge in [0.15, 0.2) is 12.5 Å². The highest BCUT2D eigenvalue weighted by molar-refractivity contribution is 4.83. The zero-order valence-corrected chi connectivity index (χ0v) is 4.02. The highest BCUT2D eigenvalue weighted by atomic mass is 16.7. The zero-order valence-electron chi connectivity index (χ0n) is 4.02. The molecule has 0 aromatic carbocycles. The first-order valence-electron chi connectivity index (χ1n) is 2.10. The number of hydrogen-bond donors (Lipinski definition) is 1. The Bertz CT molecular complexity index is 89.7. The van der Waals surface area contributed by atoms with Crippen molar-refractivity contribution < 1.29 is 15.2 Å². The summed E-state index contributed by atoms with van der Waals surface area (Å²) in [5.74, 6) is 0. The van der Waals surface area contributed by atoms with Crippen molar-refractivity contribution >= 4 is 0 Å². The zero-order chi connectivity index (χ0) is 5.11. The second-order valence-corrected chi connectivity index (χ2v) is 1.41. The van der Waals surface area contributed by atoms with E-state index in [0.717, 1.165) is 5.70 Å². The van der Waals surface area contributed by atoms with E-state index in [1.54, 1.807) is 6.26 Å². The van der Waals surface area contributed by atoms with Crippen molar-refractivity contribution in [1.29, 1.82) is 0 Å². The molecule has 1 rings (SSSR count). The van der Waals surface area contributed by atoms with E-state index in [1.165, 1.54) is 0 Å². The Morgan fingerprint density at radius 2 is 2.57 bits per heavy atom. The van der Waals surface area contributed by atoms with Crippen LogP contribution in [0, 0.1) is 0 Å². The Morgan fingerprint density at radius 3 is 2.86 bits per heavy atom. The van der Waals surface area contributed by atoms with Gasteiger partial charge in [0.05, 0.1) is 0 Å². The molecule has 3 heteroatoms. The van der Waals surface area contributed by atoms with Crippen molar-refractivity contribution in [3.8, 4) is 0 Å². The summed E-state index contributed by atoms with van der Waals surface area (Å²) in [6.45, 7) is 0.985. The average Bonchev–Trinajstić information content (AvgIpc) is 1.69. The van der Waals surface area contributed by atoms with Crippen molar-refractivity contribution in [2.75, 3.05) is 13.4 Å². The molecule has 0 spiro atoms. The van der Waals surface area contributed by atoms with Crippen molar-refractivity contribution in [2.45, 2.75) is 0 Å². The lowest BCUT2D eigenvalue weighted by Crippen LogP contribution is -2.50. The van der Waals surface area contributed by atoms with Gasteiger partial charge in [-0.05, 0) is 0 Å². The van der Waals surface area contributed by atoms with Crippen LogP contribution in [0.4, 0.5) is 0 Å². The molecule has 0 saturated heterocycles. The Hall–Kier alpha value is -0.540. The summed E-state index contributed by atoms with van der Waals surface area (Å²) < 4.78 is 9.56. The van der Waals surface area contributed by atoms with E-state index in [-0.39, 0.29) is 0 Å². The molecule has 0 aromatic heterocycles. The predicted octanol–water partition coefficient (Wildman–Crippen LogP) is -0.926. The van der Waals surface area contributed by atoms with E-state index in [0.29, 0.717) is 13.4 Å². The van der Waals surface area contributed by atoms with Crippen LogP contribution in [-0.2, 0) is 9.47 Å². The summed E-state index contributed by atoms with van der Waals surface area (Å²) in [6, 6.07) is 0. The predicted molar refractivity (Wildman–Crippen MR) is 22.9 cm³/mol. The maximum atomic E-state index is 4.83. The van der Waals surface area contributed by atoms with Crippen LogP contribution in [0.3, 0.4) is 0 Å². The quantitative estimate of drug-likeness (QED) is 0.429. The third kappa shape index (κ3) is 1.17. The number of ether oxygens (including phenoxy) is 2. The van der Waals surface area contributed by atoms with Gasteiger partial charge in [-0.3, -0.25) is 0 Å². The molecule has 7 heavy (non-hydrogen) atoms. The van der Waals surface area contributed by atoms with Crippen LogP contribution >= 0.6 is 0 Å². The van der Waals surface area contributed by atoms with Crippen LogP contribution in [0.2, 0.25) is 0 Å². The maximum Gasteiger partial charge on any atom is 0.189 e. The average molecular weight is 102 g/mol. The number of quaternary nitrogens is 1. The van der Waals surface area contributed by atoms with Gasteiger partial charge in [0.2, 0.25) is 0 Å². The van der Waals surface area contributed by atoms with E-state index in [4.69, 9.17) is 9.47 Å². The van der Waals surface area contributed by atoms with Gasteiger partial charge in [0, 0.05) is 0 Å². The highest BCUT2D eigenvalue weighted by Gasteiger charge is 1.99. The molecule has 1 heterocycles. The molecule has 0 aliphatic carbocycles. The molecule has 0 unspecified atom stereocenters. The third-order valence-corrected chi connectivity index (χ3v) is 0.689. The molecule has 1 aliphatic heterocycles. The Labute approximate surface area is 41.7 Å². The molecular formula is C4H8NO2+. The molecule has 0 saturated carbocycles. The monoisotopic (exact) mass is 102 g/mol. The van der Waals surface area contributed by atoms with E-state index in [9.17, 15) is 0 Å². The molecular weight excluding hydrogens is 94.0 g/mol. The van der Waals surface area contributed by atoms with E-state index in [1.807, 2.05) is 0 Å². The van der Waals surface area contributed by atoms with Gasteiger partial charge >= 0.3 is 0 Å². The molecule has 0 amide bonds. The Morgan fingerprint density at radius 1 is 1.71 bits per heavy atom. The lowest BCUT2D eigenvalue weighted by molar-refractivity contribution is -0.323. The first-order chi connectivity index (χ1) is 3.39. The summed E-state index contributed by atoms with van der Waals surface area (Å²) >= 11 is 0. The number of hydrogen-bond acceptors (Lipinski definition) is 2. The van der Waals surface area contributed by atoms with Crippen LogP contribution in [0.25, 0.3) is 0 Å². The fourth-order valence-corrected chi connectivity index (χ4v) is 0.407. The van der Waals surface area contributed by atoms with Crippen LogP contribution in [-0.4, -0.2) is 13.4 Å². The Kier molecular flexibility index (Phi) is 1.29. The molecule has 0 aromatic rings. The van der Waals surface area contributed by atoms with Gasteiger partial charge in [-0.25, -0.2) is 0 Å². The van der Waals surface area contributed by atoms with Gasteiger partial charge in [-0.1, -0.05) is 0 Å². The first kappa shape index (κ1) is 4.61. The van der Waals surface area contributed by atoms with Crippen LogP contribution in [0.1, 0.15) is 0 Å². The maximum absolute atomic E-state index is 4.83. The van der Waals surface area contributed by atoms with Crippen molar-refractivity contribution in [1.82, 2.24) is 0 Å². The second-order valence-electron chi connectivity index (χ2n) is 1.41. The van der Waals surface area contributed by atoms with E-state index >= 15 is 0 Å². The van der Waals surface area contributed by atoms with Gasteiger partial charge < -0.3 is 15.2 Å². The summed E-state index contributed by atoms with van der Waals surface area (Å²) in [5, 5.41) is 0. The second kappa shape index (κ2) is 1.95. The topological polar surface area (TPSA) is 46.1 Å². The molecule has 1 aliphatic rings. The van der Waals surface area contributed by atoms with Crippen molar-refractivity contribution in [2.24, 2.45) is 0 Å². The first-order valence-corrected chi connectivity index (χ1v) is 2.10. The minimum absolute atomic E-state index is 0.374. The van der Waals surface area contributed by atoms with Gasteiger partial charge in [0.25, 0.3) is 0 Å². The smallest absolute Gasteiger partial charge is 0.189 e. The molecule has 40 valence electrons. The molecule has 0 atom stereocenters. The fraction of sp³-hybridized carbons (Fsp3) is 0.500. The minimum atomic E-state index is 0.374. The lowest BCUT2D eigenvalue weighted by Gasteiger charge is -2.06.